The molecule has 5 nitrogen and oxygen atoms in total. The van der Waals surface area contributed by atoms with Crippen molar-refractivity contribution in [1.29, 1.82) is 0 Å². The zero-order chi connectivity index (χ0) is 19.8. The number of rotatable bonds is 4. The highest BCUT2D eigenvalue weighted by molar-refractivity contribution is 6.32. The zero-order valence-electron chi connectivity index (χ0n) is 15.6. The van der Waals surface area contributed by atoms with Crippen molar-refractivity contribution in [2.45, 2.75) is 19.9 Å². The van der Waals surface area contributed by atoms with Crippen molar-refractivity contribution < 1.29 is 14.7 Å². The first-order valence-electron chi connectivity index (χ1n) is 9.14. The molecule has 0 radical (unpaired) electrons. The first-order chi connectivity index (χ1) is 13.5. The number of phenolic OH excluding ortho intramolecular Hbond substituents is 1. The fourth-order valence-corrected chi connectivity index (χ4v) is 3.51. The summed E-state index contributed by atoms with van der Waals surface area (Å²) < 4.78 is 0. The van der Waals surface area contributed by atoms with Crippen molar-refractivity contribution in [2.75, 3.05) is 10.6 Å². The van der Waals surface area contributed by atoms with Crippen molar-refractivity contribution in [3.8, 4) is 5.75 Å². The third-order valence-electron chi connectivity index (χ3n) is 4.67. The summed E-state index contributed by atoms with van der Waals surface area (Å²) in [6.45, 7) is 3.94. The minimum absolute atomic E-state index is 0.0535. The molecule has 3 aromatic rings. The Bertz CT molecular complexity index is 1090. The number of fused-ring (bicyclic) bond motifs is 2. The van der Waals surface area contributed by atoms with Gasteiger partial charge < -0.3 is 15.7 Å². The molecule has 140 valence electrons. The summed E-state index contributed by atoms with van der Waals surface area (Å²) in [7, 11) is 0. The highest BCUT2D eigenvalue weighted by Crippen LogP contribution is 2.40. The number of nitrogens with one attached hydrogen (secondary N) is 2. The number of hydrogen-bond donors (Lipinski definition) is 3. The second-order valence-corrected chi connectivity index (χ2v) is 7.06. The van der Waals surface area contributed by atoms with Crippen LogP contribution in [0.25, 0.3) is 0 Å². The molecule has 0 saturated heterocycles. The maximum Gasteiger partial charge on any atom is 0.200 e. The van der Waals surface area contributed by atoms with Crippen molar-refractivity contribution in [2.24, 2.45) is 0 Å². The molecule has 0 atom stereocenters. The molecular weight excluding hydrogens is 352 g/mol. The molecule has 0 unspecified atom stereocenters. The molecule has 0 bridgehead atoms. The lowest BCUT2D eigenvalue weighted by molar-refractivity contribution is 0.0978. The summed E-state index contributed by atoms with van der Waals surface area (Å²) in [4.78, 5) is 26.6. The van der Waals surface area contributed by atoms with Crippen LogP contribution >= 0.6 is 0 Å². The number of ketones is 2. The molecule has 1 aliphatic rings. The van der Waals surface area contributed by atoms with Gasteiger partial charge in [-0.15, -0.1) is 0 Å². The van der Waals surface area contributed by atoms with E-state index in [9.17, 15) is 14.7 Å². The van der Waals surface area contributed by atoms with Gasteiger partial charge in [-0.2, -0.15) is 0 Å². The largest absolute Gasteiger partial charge is 0.507 e. The highest BCUT2D eigenvalue weighted by atomic mass is 16.3. The van der Waals surface area contributed by atoms with Crippen LogP contribution in [0.1, 0.15) is 45.7 Å². The first-order valence-corrected chi connectivity index (χ1v) is 9.14. The van der Waals surface area contributed by atoms with Crippen LogP contribution in [-0.2, 0) is 0 Å². The topological polar surface area (TPSA) is 78.4 Å². The van der Waals surface area contributed by atoms with Crippen LogP contribution in [0.15, 0.2) is 60.7 Å². The lowest BCUT2D eigenvalue weighted by Crippen LogP contribution is -2.25. The van der Waals surface area contributed by atoms with E-state index in [2.05, 4.69) is 10.6 Å². The van der Waals surface area contributed by atoms with Crippen LogP contribution in [0.3, 0.4) is 0 Å². The molecule has 0 amide bonds. The molecule has 0 saturated carbocycles. The van der Waals surface area contributed by atoms with Crippen LogP contribution in [0.2, 0.25) is 0 Å². The van der Waals surface area contributed by atoms with E-state index in [1.807, 2.05) is 50.2 Å². The standard InChI is InChI=1S/C23H20N2O3/c1-13(2)24-16-11-12-17(25-14-7-4-3-5-8-14)21-20(16)22(27)15-9-6-10-18(26)19(15)23(21)28/h3-13,24-26H,1-2H3. The number of aromatic hydroxyl groups is 1. The lowest BCUT2D eigenvalue weighted by atomic mass is 9.81. The second kappa shape index (κ2) is 6.85. The van der Waals surface area contributed by atoms with Crippen molar-refractivity contribution in [1.82, 2.24) is 0 Å². The zero-order valence-corrected chi connectivity index (χ0v) is 15.6. The van der Waals surface area contributed by atoms with Gasteiger partial charge in [-0.1, -0.05) is 30.3 Å². The summed E-state index contributed by atoms with van der Waals surface area (Å²) in [5.41, 5.74) is 2.82. The summed E-state index contributed by atoms with van der Waals surface area (Å²) in [6, 6.07) is 17.7. The molecule has 3 N–H and O–H groups in total. The Labute approximate surface area is 163 Å². The van der Waals surface area contributed by atoms with Crippen LogP contribution in [0.4, 0.5) is 17.1 Å². The minimum atomic E-state index is -0.367. The van der Waals surface area contributed by atoms with E-state index < -0.39 is 0 Å². The summed E-state index contributed by atoms with van der Waals surface area (Å²) in [5.74, 6) is -0.830. The third-order valence-corrected chi connectivity index (χ3v) is 4.67. The van der Waals surface area contributed by atoms with E-state index in [-0.39, 0.29) is 40.0 Å². The molecule has 4 rings (SSSR count). The smallest absolute Gasteiger partial charge is 0.200 e. The SMILES string of the molecule is CC(C)Nc1ccc(Nc2ccccc2)c2c1C(=O)c1cccc(O)c1C2=O. The van der Waals surface area contributed by atoms with Gasteiger partial charge in [-0.05, 0) is 44.2 Å². The molecule has 0 spiro atoms. The maximum absolute atomic E-state index is 13.3. The molecule has 0 aliphatic heterocycles. The van der Waals surface area contributed by atoms with Crippen molar-refractivity contribution in [3.63, 3.8) is 0 Å². The Kier molecular flexibility index (Phi) is 4.35. The van der Waals surface area contributed by atoms with Gasteiger partial charge >= 0.3 is 0 Å². The van der Waals surface area contributed by atoms with E-state index in [1.54, 1.807) is 18.2 Å². The van der Waals surface area contributed by atoms with Crippen LogP contribution in [0, 0.1) is 0 Å². The van der Waals surface area contributed by atoms with Crippen LogP contribution in [-0.4, -0.2) is 22.7 Å². The normalized spacial score (nSPS) is 12.5. The summed E-state index contributed by atoms with van der Waals surface area (Å²) in [5, 5.41) is 16.7. The number of carbonyl (C=O) groups is 2. The summed E-state index contributed by atoms with van der Waals surface area (Å²) in [6.07, 6.45) is 0. The third kappa shape index (κ3) is 2.91. The molecular formula is C23H20N2O3. The van der Waals surface area contributed by atoms with Gasteiger partial charge in [0.1, 0.15) is 5.75 Å². The van der Waals surface area contributed by atoms with E-state index in [4.69, 9.17) is 0 Å². The van der Waals surface area contributed by atoms with Gasteiger partial charge in [-0.25, -0.2) is 0 Å². The molecule has 0 aromatic heterocycles. The Morgan fingerprint density at radius 3 is 2.14 bits per heavy atom. The molecule has 5 heteroatoms. The Morgan fingerprint density at radius 2 is 1.43 bits per heavy atom. The van der Waals surface area contributed by atoms with Gasteiger partial charge in [-0.3, -0.25) is 9.59 Å². The fourth-order valence-electron chi connectivity index (χ4n) is 3.51. The first kappa shape index (κ1) is 17.8. The fraction of sp³-hybridized carbons (Fsp3) is 0.130. The Morgan fingerprint density at radius 1 is 0.750 bits per heavy atom. The molecule has 0 heterocycles. The van der Waals surface area contributed by atoms with Gasteiger partial charge in [0.15, 0.2) is 11.6 Å². The average Bonchev–Trinajstić information content (AvgIpc) is 2.67. The number of hydrogen-bond acceptors (Lipinski definition) is 5. The van der Waals surface area contributed by atoms with E-state index in [1.165, 1.54) is 6.07 Å². The number of phenols is 1. The van der Waals surface area contributed by atoms with Gasteiger partial charge in [0.05, 0.1) is 22.4 Å². The minimum Gasteiger partial charge on any atom is -0.507 e. The maximum atomic E-state index is 13.3. The molecule has 0 fully saturated rings. The monoisotopic (exact) mass is 372 g/mol. The van der Waals surface area contributed by atoms with Crippen molar-refractivity contribution >= 4 is 28.6 Å². The number of carbonyl (C=O) groups excluding carboxylic acids is 2. The average molecular weight is 372 g/mol. The van der Waals surface area contributed by atoms with Gasteiger partial charge in [0.25, 0.3) is 0 Å². The van der Waals surface area contributed by atoms with Crippen LogP contribution in [0.5, 0.6) is 5.75 Å². The molecule has 1 aliphatic carbocycles. The van der Waals surface area contributed by atoms with E-state index in [0.29, 0.717) is 16.9 Å². The Balaban J connectivity index is 1.94. The van der Waals surface area contributed by atoms with Crippen LogP contribution < -0.4 is 10.6 Å². The molecule has 28 heavy (non-hydrogen) atoms. The Hall–Kier alpha value is -3.60. The number of benzene rings is 3. The lowest BCUT2D eigenvalue weighted by Gasteiger charge is -2.25. The highest BCUT2D eigenvalue weighted by Gasteiger charge is 2.36. The van der Waals surface area contributed by atoms with E-state index in [0.717, 1.165) is 5.69 Å². The molecule has 3 aromatic carbocycles. The number of para-hydroxylation sites is 1. The van der Waals surface area contributed by atoms with Gasteiger partial charge in [0, 0.05) is 23.0 Å². The van der Waals surface area contributed by atoms with Gasteiger partial charge in [0.2, 0.25) is 0 Å². The quantitative estimate of drug-likeness (QED) is 0.483. The predicted molar refractivity (Wildman–Crippen MR) is 110 cm³/mol. The summed E-state index contributed by atoms with van der Waals surface area (Å²) >= 11 is 0. The number of anilines is 3. The van der Waals surface area contributed by atoms with Crippen molar-refractivity contribution in [3.05, 3.63) is 82.9 Å². The van der Waals surface area contributed by atoms with E-state index >= 15 is 0 Å². The second-order valence-electron chi connectivity index (χ2n) is 7.06. The predicted octanol–water partition coefficient (Wildman–Crippen LogP) is 4.73.